The number of nitrogens with zero attached hydrogens (tertiary/aromatic N) is 4. The van der Waals surface area contributed by atoms with Gasteiger partial charge in [-0.2, -0.15) is 5.10 Å². The summed E-state index contributed by atoms with van der Waals surface area (Å²) in [4.78, 5) is 7.61. The molecule has 2 fully saturated rings. The predicted molar refractivity (Wildman–Crippen MR) is 115 cm³/mol. The Morgan fingerprint density at radius 1 is 1.25 bits per heavy atom. The number of rotatable bonds is 5. The fraction of sp³-hybridized carbons (Fsp3) is 0.565. The Labute approximate surface area is 168 Å². The summed E-state index contributed by atoms with van der Waals surface area (Å²) in [5, 5.41) is 7.90. The zero-order valence-corrected chi connectivity index (χ0v) is 17.3. The maximum Gasteiger partial charge on any atom is 0.193 e. The molecule has 0 radical (unpaired) electrons. The number of nitrogens with one attached hydrogen (secondary N) is 1. The minimum Gasteiger partial charge on any atom is -0.357 e. The van der Waals surface area contributed by atoms with E-state index in [2.05, 4.69) is 58.8 Å². The van der Waals surface area contributed by atoms with Gasteiger partial charge in [0.1, 0.15) is 0 Å². The normalized spacial score (nSPS) is 22.0. The summed E-state index contributed by atoms with van der Waals surface area (Å²) in [6.07, 6.45) is 10.5. The molecule has 0 amide bonds. The van der Waals surface area contributed by atoms with E-state index in [1.165, 1.54) is 43.2 Å². The van der Waals surface area contributed by atoms with Crippen LogP contribution in [0.2, 0.25) is 0 Å². The zero-order valence-electron chi connectivity index (χ0n) is 17.3. The van der Waals surface area contributed by atoms with Crippen molar-refractivity contribution in [3.05, 3.63) is 53.9 Å². The van der Waals surface area contributed by atoms with E-state index < -0.39 is 0 Å². The van der Waals surface area contributed by atoms with Crippen LogP contribution in [0.3, 0.4) is 0 Å². The van der Waals surface area contributed by atoms with Crippen molar-refractivity contribution in [2.24, 2.45) is 12.0 Å². The molecule has 2 aliphatic rings. The maximum absolute atomic E-state index is 5.17. The van der Waals surface area contributed by atoms with E-state index in [-0.39, 0.29) is 5.41 Å². The van der Waals surface area contributed by atoms with Crippen molar-refractivity contribution >= 4 is 5.96 Å². The number of guanidine groups is 1. The quantitative estimate of drug-likeness (QED) is 0.637. The summed E-state index contributed by atoms with van der Waals surface area (Å²) >= 11 is 0. The number of hydrogen-bond acceptors (Lipinski definition) is 2. The highest BCUT2D eigenvalue weighted by molar-refractivity contribution is 5.80. The largest absolute Gasteiger partial charge is 0.357 e. The summed E-state index contributed by atoms with van der Waals surface area (Å²) in [5.74, 6) is 1.63. The van der Waals surface area contributed by atoms with Crippen molar-refractivity contribution in [2.75, 3.05) is 26.2 Å². The second kappa shape index (κ2) is 8.38. The van der Waals surface area contributed by atoms with E-state index in [0.29, 0.717) is 5.92 Å². The summed E-state index contributed by atoms with van der Waals surface area (Å²) in [6, 6.07) is 11.0. The predicted octanol–water partition coefficient (Wildman–Crippen LogP) is 3.69. The third-order valence-corrected chi connectivity index (χ3v) is 6.50. The Balaban J connectivity index is 1.50. The number of aryl methyl sites for hydroxylation is 1. The summed E-state index contributed by atoms with van der Waals surface area (Å²) in [6.45, 7) is 6.03. The standard InChI is InChI=1S/C23H33N5/c1-3-24-22(28-14-11-19(17-28)20-15-26-27(2)16-20)25-18-23(12-7-8-13-23)21-9-5-4-6-10-21/h4-6,9-10,15-16,19H,3,7-8,11-14,17-18H2,1-2H3,(H,24,25). The van der Waals surface area contributed by atoms with Crippen molar-refractivity contribution in [2.45, 2.75) is 50.4 Å². The topological polar surface area (TPSA) is 45.5 Å². The van der Waals surface area contributed by atoms with Crippen LogP contribution in [0.25, 0.3) is 0 Å². The molecule has 28 heavy (non-hydrogen) atoms. The Hall–Kier alpha value is -2.30. The first-order chi connectivity index (χ1) is 13.7. The molecule has 1 aromatic heterocycles. The van der Waals surface area contributed by atoms with Gasteiger partial charge in [-0.05, 0) is 37.3 Å². The molecule has 5 heteroatoms. The Bertz CT molecular complexity index is 788. The number of likely N-dealkylation sites (tertiary alicyclic amines) is 1. The highest BCUT2D eigenvalue weighted by Gasteiger charge is 2.36. The van der Waals surface area contributed by atoms with Crippen LogP contribution >= 0.6 is 0 Å². The average Bonchev–Trinajstić information content (AvgIpc) is 3.47. The molecule has 2 aromatic rings. The zero-order chi connectivity index (χ0) is 19.4. The first-order valence-corrected chi connectivity index (χ1v) is 10.8. The lowest BCUT2D eigenvalue weighted by Crippen LogP contribution is -2.41. The SMILES string of the molecule is CCNC(=NCC1(c2ccccc2)CCCC1)N1CCC(c2cnn(C)c2)C1. The van der Waals surface area contributed by atoms with Gasteiger partial charge in [0.25, 0.3) is 0 Å². The van der Waals surface area contributed by atoms with Crippen LogP contribution in [0.15, 0.2) is 47.7 Å². The van der Waals surface area contributed by atoms with Crippen LogP contribution in [0, 0.1) is 0 Å². The molecule has 1 unspecified atom stereocenters. The monoisotopic (exact) mass is 379 g/mol. The third kappa shape index (κ3) is 3.94. The Kier molecular flexibility index (Phi) is 5.69. The molecule has 1 aromatic carbocycles. The number of aromatic nitrogens is 2. The van der Waals surface area contributed by atoms with Crippen molar-refractivity contribution in [1.29, 1.82) is 0 Å². The van der Waals surface area contributed by atoms with Crippen molar-refractivity contribution in [1.82, 2.24) is 20.0 Å². The van der Waals surface area contributed by atoms with Gasteiger partial charge in [0, 0.05) is 44.2 Å². The molecule has 150 valence electrons. The van der Waals surface area contributed by atoms with E-state index in [1.54, 1.807) is 0 Å². The maximum atomic E-state index is 5.17. The number of hydrogen-bond donors (Lipinski definition) is 1. The summed E-state index contributed by atoms with van der Waals surface area (Å²) in [5.41, 5.74) is 3.02. The first-order valence-electron chi connectivity index (χ1n) is 10.8. The van der Waals surface area contributed by atoms with Crippen LogP contribution in [0.4, 0.5) is 0 Å². The lowest BCUT2D eigenvalue weighted by atomic mass is 9.79. The molecule has 1 saturated carbocycles. The van der Waals surface area contributed by atoms with E-state index in [4.69, 9.17) is 4.99 Å². The van der Waals surface area contributed by atoms with Gasteiger partial charge in [-0.1, -0.05) is 43.2 Å². The van der Waals surface area contributed by atoms with Gasteiger partial charge >= 0.3 is 0 Å². The van der Waals surface area contributed by atoms with Gasteiger partial charge in [-0.3, -0.25) is 9.67 Å². The van der Waals surface area contributed by atoms with E-state index in [9.17, 15) is 0 Å². The van der Waals surface area contributed by atoms with Crippen LogP contribution in [-0.2, 0) is 12.5 Å². The molecule has 4 rings (SSSR count). The molecule has 1 aliphatic carbocycles. The summed E-state index contributed by atoms with van der Waals surface area (Å²) in [7, 11) is 1.99. The highest BCUT2D eigenvalue weighted by atomic mass is 15.3. The molecule has 5 nitrogen and oxygen atoms in total. The fourth-order valence-electron chi connectivity index (χ4n) is 4.91. The van der Waals surface area contributed by atoms with Gasteiger partial charge in [0.05, 0.1) is 12.7 Å². The molecule has 1 N–H and O–H groups in total. The third-order valence-electron chi connectivity index (χ3n) is 6.50. The van der Waals surface area contributed by atoms with Crippen LogP contribution in [-0.4, -0.2) is 46.8 Å². The Morgan fingerprint density at radius 2 is 2.04 bits per heavy atom. The molecule has 1 atom stereocenters. The smallest absolute Gasteiger partial charge is 0.193 e. The highest BCUT2D eigenvalue weighted by Crippen LogP contribution is 2.41. The van der Waals surface area contributed by atoms with Gasteiger partial charge in [-0.15, -0.1) is 0 Å². The van der Waals surface area contributed by atoms with Crippen LogP contribution in [0.5, 0.6) is 0 Å². The van der Waals surface area contributed by atoms with Crippen molar-refractivity contribution in [3.63, 3.8) is 0 Å². The minimum absolute atomic E-state index is 0.213. The van der Waals surface area contributed by atoms with Crippen molar-refractivity contribution in [3.8, 4) is 0 Å². The number of aliphatic imine (C=N–C) groups is 1. The Morgan fingerprint density at radius 3 is 2.71 bits per heavy atom. The van der Waals surface area contributed by atoms with Crippen molar-refractivity contribution < 1.29 is 0 Å². The lowest BCUT2D eigenvalue weighted by Gasteiger charge is -2.29. The van der Waals surface area contributed by atoms with E-state index >= 15 is 0 Å². The molecule has 1 aliphatic heterocycles. The second-order valence-electron chi connectivity index (χ2n) is 8.40. The van der Waals surface area contributed by atoms with Gasteiger partial charge in [0.15, 0.2) is 5.96 Å². The molecule has 0 bridgehead atoms. The molecule has 1 saturated heterocycles. The molecule has 0 spiro atoms. The first kappa shape index (κ1) is 19.0. The van der Waals surface area contributed by atoms with E-state index in [1.807, 2.05) is 17.9 Å². The lowest BCUT2D eigenvalue weighted by molar-refractivity contribution is 0.439. The molecule has 2 heterocycles. The average molecular weight is 380 g/mol. The van der Waals surface area contributed by atoms with Gasteiger partial charge < -0.3 is 10.2 Å². The fourth-order valence-corrected chi connectivity index (χ4v) is 4.91. The molecular weight excluding hydrogens is 346 g/mol. The van der Waals surface area contributed by atoms with Gasteiger partial charge in [-0.25, -0.2) is 0 Å². The minimum atomic E-state index is 0.213. The second-order valence-corrected chi connectivity index (χ2v) is 8.40. The number of benzene rings is 1. The van der Waals surface area contributed by atoms with Crippen LogP contribution < -0.4 is 5.32 Å². The summed E-state index contributed by atoms with van der Waals surface area (Å²) < 4.78 is 1.90. The van der Waals surface area contributed by atoms with E-state index in [0.717, 1.165) is 32.1 Å². The van der Waals surface area contributed by atoms with Gasteiger partial charge in [0.2, 0.25) is 0 Å². The molecular formula is C23H33N5. The van der Waals surface area contributed by atoms with Crippen LogP contribution in [0.1, 0.15) is 56.1 Å².